The van der Waals surface area contributed by atoms with Gasteiger partial charge >= 0.3 is 7.60 Å². The van der Waals surface area contributed by atoms with Crippen molar-refractivity contribution in [3.05, 3.63) is 71.1 Å². The minimum Gasteiger partial charge on any atom is -0.397 e. The smallest absolute Gasteiger partial charge is 0.328 e. The first-order valence-corrected chi connectivity index (χ1v) is 14.9. The van der Waals surface area contributed by atoms with E-state index >= 15 is 0 Å². The number of anilines is 2. The Balaban J connectivity index is 1.45. The lowest BCUT2D eigenvalue weighted by molar-refractivity contribution is 0.0298. The average molecular weight is 528 g/mol. The molecule has 1 atom stereocenters. The third-order valence-corrected chi connectivity index (χ3v) is 9.82. The number of thiophene rings is 1. The Labute approximate surface area is 216 Å². The van der Waals surface area contributed by atoms with E-state index in [2.05, 4.69) is 24.1 Å². The topological polar surface area (TPSA) is 116 Å². The molecule has 0 spiro atoms. The van der Waals surface area contributed by atoms with E-state index in [0.717, 1.165) is 28.8 Å². The number of likely N-dealkylation sites (tertiary alicyclic amines) is 1. The quantitative estimate of drug-likeness (QED) is 0.213. The molecule has 4 rings (SSSR count). The summed E-state index contributed by atoms with van der Waals surface area (Å²) < 4.78 is 11.9. The number of carbonyl (C=O) groups is 1. The Bertz CT molecular complexity index is 1240. The Morgan fingerprint density at radius 3 is 2.50 bits per heavy atom. The molecule has 1 fully saturated rings. The summed E-state index contributed by atoms with van der Waals surface area (Å²) in [6.45, 7) is 5.49. The number of nitrogens with zero attached hydrogens (tertiary/aromatic N) is 1. The molecule has 7 nitrogen and oxygen atoms in total. The van der Waals surface area contributed by atoms with Gasteiger partial charge in [0.1, 0.15) is 0 Å². The van der Waals surface area contributed by atoms with Gasteiger partial charge in [-0.05, 0) is 79.1 Å². The number of amides is 1. The van der Waals surface area contributed by atoms with Gasteiger partial charge < -0.3 is 20.8 Å². The molecule has 1 aromatic heterocycles. The Morgan fingerprint density at radius 1 is 1.17 bits per heavy atom. The van der Waals surface area contributed by atoms with Gasteiger partial charge in [-0.25, -0.2) is 0 Å². The van der Waals surface area contributed by atoms with Crippen molar-refractivity contribution < 1.29 is 19.1 Å². The Morgan fingerprint density at radius 2 is 1.89 bits per heavy atom. The van der Waals surface area contributed by atoms with E-state index < -0.39 is 13.3 Å². The second-order valence-electron chi connectivity index (χ2n) is 9.52. The number of benzene rings is 2. The molecule has 0 radical (unpaired) electrons. The van der Waals surface area contributed by atoms with Crippen molar-refractivity contribution in [2.45, 2.75) is 57.3 Å². The second kappa shape index (κ2) is 10.9. The summed E-state index contributed by atoms with van der Waals surface area (Å²) in [6.07, 6.45) is 2.63. The van der Waals surface area contributed by atoms with Crippen LogP contribution in [0.25, 0.3) is 10.4 Å². The fourth-order valence-electron chi connectivity index (χ4n) is 5.17. The predicted octanol–water partition coefficient (Wildman–Crippen LogP) is 5.95. The number of carbonyl (C=O) groups excluding carboxylic acids is 1. The van der Waals surface area contributed by atoms with Crippen molar-refractivity contribution in [3.8, 4) is 10.4 Å². The van der Waals surface area contributed by atoms with Crippen LogP contribution < -0.4 is 11.1 Å². The average Bonchev–Trinajstić information content (AvgIpc) is 3.40. The fourth-order valence-corrected chi connectivity index (χ4v) is 6.92. The lowest BCUT2D eigenvalue weighted by Gasteiger charge is -2.49. The highest BCUT2D eigenvalue weighted by atomic mass is 32.1. The number of rotatable bonds is 8. The summed E-state index contributed by atoms with van der Waals surface area (Å²) in [4.78, 5) is 35.9. The zero-order valence-corrected chi connectivity index (χ0v) is 22.4. The van der Waals surface area contributed by atoms with E-state index in [9.17, 15) is 19.1 Å². The standard InChI is InChI=1S/C27H34N3O4PS/c1-3-27(4-2)17-22(35(32,33)34)13-14-30(27)18-19-7-9-20(10-8-19)26(31)29-24-16-21(11-12-23(24)28)25-6-5-15-36-25/h5-12,15-16,22H,3-4,13-14,17-18,28H2,1-2H3,(H,29,31)(H2,32,33,34). The Hall–Kier alpha value is -2.48. The molecule has 0 bridgehead atoms. The van der Waals surface area contributed by atoms with E-state index in [1.54, 1.807) is 17.4 Å². The van der Waals surface area contributed by atoms with Crippen LogP contribution in [0, 0.1) is 0 Å². The molecule has 2 aromatic carbocycles. The van der Waals surface area contributed by atoms with Crippen LogP contribution in [-0.2, 0) is 11.1 Å². The molecule has 0 aliphatic carbocycles. The molecule has 1 saturated heterocycles. The number of nitrogens with two attached hydrogens (primary N) is 1. The first-order valence-electron chi connectivity index (χ1n) is 12.3. The number of nitrogen functional groups attached to an aromatic ring is 1. The number of nitrogens with one attached hydrogen (secondary N) is 1. The van der Waals surface area contributed by atoms with Gasteiger partial charge in [-0.1, -0.05) is 38.1 Å². The Kier molecular flexibility index (Phi) is 8.03. The second-order valence-corrected chi connectivity index (χ2v) is 12.4. The number of hydrogen-bond acceptors (Lipinski definition) is 5. The maximum absolute atomic E-state index is 12.9. The van der Waals surface area contributed by atoms with Crippen LogP contribution in [0.1, 0.15) is 55.5 Å². The van der Waals surface area contributed by atoms with E-state index in [1.165, 1.54) is 0 Å². The summed E-state index contributed by atoms with van der Waals surface area (Å²) in [6, 6.07) is 17.2. The van der Waals surface area contributed by atoms with Gasteiger partial charge in [-0.3, -0.25) is 14.3 Å². The maximum atomic E-state index is 12.9. The molecule has 192 valence electrons. The molecular weight excluding hydrogens is 493 g/mol. The maximum Gasteiger partial charge on any atom is 0.328 e. The van der Waals surface area contributed by atoms with Crippen molar-refractivity contribution in [2.75, 3.05) is 17.6 Å². The van der Waals surface area contributed by atoms with Crippen LogP contribution in [-0.4, -0.2) is 38.3 Å². The zero-order chi connectivity index (χ0) is 25.9. The zero-order valence-electron chi connectivity index (χ0n) is 20.7. The molecule has 1 aliphatic heterocycles. The van der Waals surface area contributed by atoms with Gasteiger partial charge in [0.05, 0.1) is 17.0 Å². The van der Waals surface area contributed by atoms with Crippen LogP contribution in [0.5, 0.6) is 0 Å². The van der Waals surface area contributed by atoms with Crippen molar-refractivity contribution >= 4 is 36.2 Å². The van der Waals surface area contributed by atoms with Crippen LogP contribution in [0.2, 0.25) is 0 Å². The third-order valence-electron chi connectivity index (χ3n) is 7.51. The minimum atomic E-state index is -4.10. The lowest BCUT2D eigenvalue weighted by Crippen LogP contribution is -2.54. The molecule has 1 amide bonds. The van der Waals surface area contributed by atoms with Crippen LogP contribution in [0.4, 0.5) is 11.4 Å². The molecule has 5 N–H and O–H groups in total. The van der Waals surface area contributed by atoms with Crippen molar-refractivity contribution in [1.82, 2.24) is 4.90 Å². The number of hydrogen-bond donors (Lipinski definition) is 4. The molecule has 1 unspecified atom stereocenters. The van der Waals surface area contributed by atoms with Crippen LogP contribution in [0.3, 0.4) is 0 Å². The van der Waals surface area contributed by atoms with Crippen LogP contribution >= 0.6 is 18.9 Å². The van der Waals surface area contributed by atoms with E-state index in [0.29, 0.717) is 42.9 Å². The molecule has 36 heavy (non-hydrogen) atoms. The van der Waals surface area contributed by atoms with Crippen molar-refractivity contribution in [2.24, 2.45) is 0 Å². The number of piperidine rings is 1. The molecule has 0 saturated carbocycles. The van der Waals surface area contributed by atoms with E-state index in [1.807, 2.05) is 53.9 Å². The van der Waals surface area contributed by atoms with Gasteiger partial charge in [0.25, 0.3) is 5.91 Å². The minimum absolute atomic E-state index is 0.226. The van der Waals surface area contributed by atoms with E-state index in [-0.39, 0.29) is 11.4 Å². The molecule has 2 heterocycles. The van der Waals surface area contributed by atoms with Gasteiger partial charge in [-0.15, -0.1) is 11.3 Å². The highest BCUT2D eigenvalue weighted by molar-refractivity contribution is 7.52. The first-order chi connectivity index (χ1) is 17.1. The van der Waals surface area contributed by atoms with Crippen LogP contribution in [0.15, 0.2) is 60.0 Å². The third kappa shape index (κ3) is 5.74. The monoisotopic (exact) mass is 527 g/mol. The predicted molar refractivity (Wildman–Crippen MR) is 147 cm³/mol. The summed E-state index contributed by atoms with van der Waals surface area (Å²) in [7, 11) is -4.10. The van der Waals surface area contributed by atoms with E-state index in [4.69, 9.17) is 5.73 Å². The normalized spacial score (nSPS) is 18.2. The summed E-state index contributed by atoms with van der Waals surface area (Å²) >= 11 is 1.63. The molecular formula is C27H34N3O4PS. The highest BCUT2D eigenvalue weighted by Gasteiger charge is 2.44. The van der Waals surface area contributed by atoms with Crippen molar-refractivity contribution in [1.29, 1.82) is 0 Å². The lowest BCUT2D eigenvalue weighted by atomic mass is 9.81. The largest absolute Gasteiger partial charge is 0.397 e. The molecule has 1 aliphatic rings. The van der Waals surface area contributed by atoms with Gasteiger partial charge in [0.15, 0.2) is 0 Å². The summed E-state index contributed by atoms with van der Waals surface area (Å²) in [5, 5.41) is 4.95. The fraction of sp³-hybridized carbons (Fsp3) is 0.370. The summed E-state index contributed by atoms with van der Waals surface area (Å²) in [5.41, 5.74) is 8.99. The first kappa shape index (κ1) is 26.6. The summed E-state index contributed by atoms with van der Waals surface area (Å²) in [5.74, 6) is -0.226. The van der Waals surface area contributed by atoms with Gasteiger partial charge in [0.2, 0.25) is 0 Å². The SMILES string of the molecule is CCC1(CC)CC(P(=O)(O)O)CCN1Cc1ccc(C(=O)Nc2cc(-c3cccs3)ccc2N)cc1. The van der Waals surface area contributed by atoms with Gasteiger partial charge in [-0.2, -0.15) is 0 Å². The highest BCUT2D eigenvalue weighted by Crippen LogP contribution is 2.51. The molecule has 3 aromatic rings. The van der Waals surface area contributed by atoms with Crippen molar-refractivity contribution in [3.63, 3.8) is 0 Å². The molecule has 9 heteroatoms. The van der Waals surface area contributed by atoms with Gasteiger partial charge in [0, 0.05) is 22.5 Å².